The number of ether oxygens (including phenoxy) is 1. The van der Waals surface area contributed by atoms with E-state index in [1.54, 1.807) is 12.4 Å². The Hall–Kier alpha value is -3.62. The molecule has 0 saturated heterocycles. The van der Waals surface area contributed by atoms with E-state index in [1.807, 2.05) is 29.0 Å². The second-order valence-electron chi connectivity index (χ2n) is 8.92. The number of methoxy groups -OCH3 is 1. The number of anilines is 1. The molecule has 1 fully saturated rings. The number of fused-ring (bicyclic) bond motifs is 3. The van der Waals surface area contributed by atoms with Gasteiger partial charge in [-0.1, -0.05) is 0 Å². The maximum Gasteiger partial charge on any atom is 0.407 e. The topological polar surface area (TPSA) is 98.4 Å². The average Bonchev–Trinajstić information content (AvgIpc) is 3.42. The molecule has 4 aromatic rings. The maximum atomic E-state index is 11.5. The Balaban J connectivity index is 1.45. The number of rotatable bonds is 5. The first-order valence-electron chi connectivity index (χ1n) is 11.4. The van der Waals surface area contributed by atoms with Crippen LogP contribution in [0.15, 0.2) is 43.0 Å². The summed E-state index contributed by atoms with van der Waals surface area (Å²) in [6.07, 6.45) is 10.9. The van der Waals surface area contributed by atoms with Crippen molar-refractivity contribution in [1.82, 2.24) is 29.7 Å². The Morgan fingerprint density at radius 2 is 1.85 bits per heavy atom. The van der Waals surface area contributed by atoms with Crippen LogP contribution in [0, 0.1) is 0 Å². The molecule has 172 valence electrons. The van der Waals surface area contributed by atoms with Gasteiger partial charge < -0.3 is 15.4 Å². The summed E-state index contributed by atoms with van der Waals surface area (Å²) >= 11 is 0. The van der Waals surface area contributed by atoms with Crippen LogP contribution in [0.2, 0.25) is 0 Å². The minimum atomic E-state index is -0.360. The van der Waals surface area contributed by atoms with Crippen LogP contribution >= 0.6 is 0 Å². The highest BCUT2D eigenvalue weighted by Crippen LogP contribution is 2.33. The molecule has 9 nitrogen and oxygen atoms in total. The van der Waals surface area contributed by atoms with Gasteiger partial charge in [0.05, 0.1) is 29.7 Å². The zero-order valence-corrected chi connectivity index (χ0v) is 19.2. The third kappa shape index (κ3) is 4.10. The van der Waals surface area contributed by atoms with Crippen LogP contribution in [0.4, 0.5) is 10.6 Å². The summed E-state index contributed by atoms with van der Waals surface area (Å²) in [7, 11) is 1.40. The maximum absolute atomic E-state index is 11.5. The number of nitrogens with one attached hydrogen (secondary N) is 2. The quantitative estimate of drug-likeness (QED) is 0.470. The van der Waals surface area contributed by atoms with Gasteiger partial charge in [0, 0.05) is 42.3 Å². The molecule has 0 unspecified atom stereocenters. The van der Waals surface area contributed by atoms with Gasteiger partial charge in [-0.2, -0.15) is 10.2 Å². The first kappa shape index (κ1) is 21.2. The van der Waals surface area contributed by atoms with Crippen LogP contribution in [0.1, 0.15) is 45.6 Å². The van der Waals surface area contributed by atoms with Gasteiger partial charge in [0.1, 0.15) is 0 Å². The SMILES string of the molecule is COC(=O)NC1CCC(Nc2nn(C(C)C)c3c2cnn2cc(-c4ccncc4)cc32)CC1. The highest BCUT2D eigenvalue weighted by atomic mass is 16.5. The van der Waals surface area contributed by atoms with E-state index in [1.165, 1.54) is 7.11 Å². The normalized spacial score (nSPS) is 18.7. The van der Waals surface area contributed by atoms with Crippen molar-refractivity contribution in [2.75, 3.05) is 12.4 Å². The van der Waals surface area contributed by atoms with E-state index in [9.17, 15) is 4.79 Å². The highest BCUT2D eigenvalue weighted by molar-refractivity contribution is 6.00. The number of carbonyl (C=O) groups excluding carboxylic acids is 1. The van der Waals surface area contributed by atoms with Crippen molar-refractivity contribution in [3.05, 3.63) is 43.0 Å². The molecule has 4 aromatic heterocycles. The van der Waals surface area contributed by atoms with E-state index < -0.39 is 0 Å². The molecule has 5 rings (SSSR count). The Kier molecular flexibility index (Phi) is 5.62. The Bertz CT molecular complexity index is 1270. The van der Waals surface area contributed by atoms with Crippen LogP contribution in [-0.2, 0) is 4.74 Å². The largest absolute Gasteiger partial charge is 0.453 e. The Labute approximate surface area is 192 Å². The summed E-state index contributed by atoms with van der Waals surface area (Å²) in [6.45, 7) is 4.28. The third-order valence-electron chi connectivity index (χ3n) is 6.38. The fourth-order valence-corrected chi connectivity index (χ4v) is 4.65. The molecule has 1 aliphatic carbocycles. The third-order valence-corrected chi connectivity index (χ3v) is 6.38. The number of aromatic nitrogens is 5. The summed E-state index contributed by atoms with van der Waals surface area (Å²) in [4.78, 5) is 15.6. The van der Waals surface area contributed by atoms with Gasteiger partial charge in [-0.25, -0.2) is 9.31 Å². The summed E-state index contributed by atoms with van der Waals surface area (Å²) in [5, 5.41) is 17.2. The minimum absolute atomic E-state index is 0.161. The van der Waals surface area contributed by atoms with E-state index >= 15 is 0 Å². The van der Waals surface area contributed by atoms with Crippen LogP contribution < -0.4 is 10.6 Å². The van der Waals surface area contributed by atoms with Crippen LogP contribution in [0.3, 0.4) is 0 Å². The second kappa shape index (κ2) is 8.73. The molecule has 4 heterocycles. The number of pyridine rings is 1. The molecule has 0 radical (unpaired) electrons. The zero-order chi connectivity index (χ0) is 22.9. The van der Waals surface area contributed by atoms with Gasteiger partial charge in [0.15, 0.2) is 5.82 Å². The van der Waals surface area contributed by atoms with Crippen molar-refractivity contribution in [2.24, 2.45) is 0 Å². The Morgan fingerprint density at radius 1 is 1.12 bits per heavy atom. The molecule has 0 bridgehead atoms. The number of hydrogen-bond donors (Lipinski definition) is 2. The van der Waals surface area contributed by atoms with Crippen LogP contribution in [-0.4, -0.2) is 49.7 Å². The fraction of sp³-hybridized carbons (Fsp3) is 0.417. The van der Waals surface area contributed by atoms with E-state index in [4.69, 9.17) is 9.84 Å². The number of alkyl carbamates (subject to hydrolysis) is 1. The van der Waals surface area contributed by atoms with Gasteiger partial charge in [0.2, 0.25) is 0 Å². The molecule has 1 amide bonds. The minimum Gasteiger partial charge on any atom is -0.453 e. The lowest BCUT2D eigenvalue weighted by Crippen LogP contribution is -2.40. The lowest BCUT2D eigenvalue weighted by atomic mass is 9.91. The summed E-state index contributed by atoms with van der Waals surface area (Å²) in [5.74, 6) is 0.865. The van der Waals surface area contributed by atoms with Crippen molar-refractivity contribution in [1.29, 1.82) is 0 Å². The number of hydrogen-bond acceptors (Lipinski definition) is 6. The summed E-state index contributed by atoms with van der Waals surface area (Å²) in [6, 6.07) is 6.84. The fourth-order valence-electron chi connectivity index (χ4n) is 4.65. The first-order chi connectivity index (χ1) is 16.0. The van der Waals surface area contributed by atoms with Crippen LogP contribution in [0.25, 0.3) is 27.5 Å². The van der Waals surface area contributed by atoms with Gasteiger partial charge in [0.25, 0.3) is 0 Å². The zero-order valence-electron chi connectivity index (χ0n) is 19.2. The molecule has 0 aliphatic heterocycles. The number of amides is 1. The van der Waals surface area contributed by atoms with Crippen LogP contribution in [0.5, 0.6) is 0 Å². The standard InChI is InChI=1S/C24H29N7O2/c1-15(2)31-22-20(13-26-30-14-17(12-21(22)30)16-8-10-25-11-9-16)23(29-31)27-18-4-6-19(7-5-18)28-24(32)33-3/h8-15,18-19H,4-7H2,1-3H3,(H,27,29)(H,28,32). The molecule has 0 spiro atoms. The Morgan fingerprint density at radius 3 is 2.55 bits per heavy atom. The van der Waals surface area contributed by atoms with E-state index in [0.717, 1.165) is 59.0 Å². The lowest BCUT2D eigenvalue weighted by Gasteiger charge is -2.29. The molecule has 0 atom stereocenters. The predicted octanol–water partition coefficient (Wildman–Crippen LogP) is 4.41. The predicted molar refractivity (Wildman–Crippen MR) is 127 cm³/mol. The number of carbonyl (C=O) groups is 1. The first-order valence-corrected chi connectivity index (χ1v) is 11.4. The summed E-state index contributed by atoms with van der Waals surface area (Å²) < 4.78 is 8.72. The van der Waals surface area contributed by atoms with E-state index in [2.05, 4.69) is 45.3 Å². The van der Waals surface area contributed by atoms with E-state index in [0.29, 0.717) is 6.04 Å². The molecule has 2 N–H and O–H groups in total. The van der Waals surface area contributed by atoms with Crippen molar-refractivity contribution in [3.8, 4) is 11.1 Å². The van der Waals surface area contributed by atoms with Crippen molar-refractivity contribution in [3.63, 3.8) is 0 Å². The molecular formula is C24H29N7O2. The molecule has 1 aliphatic rings. The summed E-state index contributed by atoms with van der Waals surface area (Å²) in [5.41, 5.74) is 4.30. The lowest BCUT2D eigenvalue weighted by molar-refractivity contribution is 0.162. The van der Waals surface area contributed by atoms with Crippen molar-refractivity contribution in [2.45, 2.75) is 57.7 Å². The molecule has 1 saturated carbocycles. The van der Waals surface area contributed by atoms with E-state index in [-0.39, 0.29) is 18.2 Å². The molecule has 9 heteroatoms. The van der Waals surface area contributed by atoms with Gasteiger partial charge in [-0.05, 0) is 63.3 Å². The highest BCUT2D eigenvalue weighted by Gasteiger charge is 2.25. The van der Waals surface area contributed by atoms with Gasteiger partial charge in [-0.3, -0.25) is 9.67 Å². The van der Waals surface area contributed by atoms with Gasteiger partial charge >= 0.3 is 6.09 Å². The van der Waals surface area contributed by atoms with Gasteiger partial charge in [-0.15, -0.1) is 0 Å². The average molecular weight is 448 g/mol. The van der Waals surface area contributed by atoms with Crippen molar-refractivity contribution < 1.29 is 9.53 Å². The smallest absolute Gasteiger partial charge is 0.407 e. The molecule has 33 heavy (non-hydrogen) atoms. The second-order valence-corrected chi connectivity index (χ2v) is 8.92. The molecule has 0 aromatic carbocycles. The molecular weight excluding hydrogens is 418 g/mol. The monoisotopic (exact) mass is 447 g/mol. The van der Waals surface area contributed by atoms with Crippen molar-refractivity contribution >= 4 is 28.3 Å². The number of nitrogens with zero attached hydrogens (tertiary/aromatic N) is 5.